The van der Waals surface area contributed by atoms with Gasteiger partial charge in [-0.05, 0) is 52.8 Å². The van der Waals surface area contributed by atoms with Crippen LogP contribution in [-0.2, 0) is 56.5 Å². The van der Waals surface area contributed by atoms with Crippen LogP contribution < -0.4 is 0 Å². The summed E-state index contributed by atoms with van der Waals surface area (Å²) < 4.78 is 35.0. The molecule has 5 atom stereocenters. The molecule has 0 saturated carbocycles. The second kappa shape index (κ2) is 18.8. The van der Waals surface area contributed by atoms with Gasteiger partial charge in [0.05, 0.1) is 37.4 Å². The summed E-state index contributed by atoms with van der Waals surface area (Å²) in [4.78, 5) is 0.984. The maximum absolute atomic E-state index is 7.13. The summed E-state index contributed by atoms with van der Waals surface area (Å²) in [5.74, 6) is 0. The van der Waals surface area contributed by atoms with Crippen molar-refractivity contribution >= 4 is 22.9 Å². The number of hydrogen-bond acceptors (Lipinski definition) is 6. The van der Waals surface area contributed by atoms with E-state index in [9.17, 15) is 0 Å². The van der Waals surface area contributed by atoms with Crippen molar-refractivity contribution in [1.82, 2.24) is 0 Å². The maximum atomic E-state index is 7.13. The molecule has 7 heteroatoms. The summed E-state index contributed by atoms with van der Waals surface area (Å²) in [6.45, 7) is 4.00. The lowest BCUT2D eigenvalue weighted by atomic mass is 9.92. The molecule has 2 heterocycles. The molecule has 5 aromatic carbocycles. The van der Waals surface area contributed by atoms with E-state index in [-0.39, 0.29) is 0 Å². The van der Waals surface area contributed by atoms with E-state index >= 15 is 0 Å². The quantitative estimate of drug-likeness (QED) is 0.0987. The minimum absolute atomic E-state index is 0.302. The van der Waals surface area contributed by atoms with Gasteiger partial charge in [-0.2, -0.15) is 0 Å². The van der Waals surface area contributed by atoms with E-state index in [1.165, 1.54) is 11.1 Å². The number of hydrogen-bond donors (Lipinski definition) is 0. The Balaban J connectivity index is 1.24. The van der Waals surface area contributed by atoms with Crippen LogP contribution in [0.25, 0.3) is 0 Å². The highest BCUT2D eigenvalue weighted by molar-refractivity contribution is 7.16. The lowest BCUT2D eigenvalue weighted by Gasteiger charge is -2.46. The maximum Gasteiger partial charge on any atom is 0.121 e. The van der Waals surface area contributed by atoms with Crippen molar-refractivity contribution < 1.29 is 23.7 Å². The van der Waals surface area contributed by atoms with Crippen molar-refractivity contribution in [3.63, 3.8) is 0 Å². The van der Waals surface area contributed by atoms with Crippen molar-refractivity contribution in [2.75, 3.05) is 6.61 Å². The molecule has 0 bridgehead atoms. The van der Waals surface area contributed by atoms with E-state index < -0.39 is 30.5 Å². The molecule has 1 saturated heterocycles. The molecule has 5 nitrogen and oxygen atoms in total. The predicted molar refractivity (Wildman–Crippen MR) is 212 cm³/mol. The Morgan fingerprint density at radius 2 is 1.02 bits per heavy atom. The van der Waals surface area contributed by atoms with Gasteiger partial charge in [0.25, 0.3) is 0 Å². The van der Waals surface area contributed by atoms with Crippen LogP contribution in [0.1, 0.15) is 49.9 Å². The minimum Gasteiger partial charge on any atom is -0.374 e. The number of aryl methyl sites for hydroxylation is 1. The van der Waals surface area contributed by atoms with Crippen LogP contribution in [0.4, 0.5) is 0 Å². The fourth-order valence-corrected chi connectivity index (χ4v) is 8.00. The Kier molecular flexibility index (Phi) is 13.2. The van der Waals surface area contributed by atoms with E-state index in [2.05, 4.69) is 85.8 Å². The first-order chi connectivity index (χ1) is 26.1. The molecule has 0 N–H and O–H groups in total. The highest BCUT2D eigenvalue weighted by Crippen LogP contribution is 2.43. The van der Waals surface area contributed by atoms with Gasteiger partial charge in [0.2, 0.25) is 0 Å². The number of thiophene rings is 1. The summed E-state index contributed by atoms with van der Waals surface area (Å²) in [6, 6.07) is 51.6. The highest BCUT2D eigenvalue weighted by atomic mass is 35.5. The SMILES string of the molecule is Cc1ccc(Cc2cc(C3OC(COCc4ccccc4)C(OCc4ccccc4)C(OCc4ccccc4)C3OCc3ccccc3)sc2Cl)cc1. The van der Waals surface area contributed by atoms with Crippen LogP contribution >= 0.6 is 22.9 Å². The third-order valence-electron chi connectivity index (χ3n) is 9.46. The van der Waals surface area contributed by atoms with E-state index in [1.54, 1.807) is 11.3 Å². The largest absolute Gasteiger partial charge is 0.374 e. The Morgan fingerprint density at radius 1 is 0.547 bits per heavy atom. The lowest BCUT2D eigenvalue weighted by Crippen LogP contribution is -2.58. The molecule has 1 aromatic heterocycles. The molecular formula is C46H45ClO5S. The van der Waals surface area contributed by atoms with Crippen LogP contribution in [0.5, 0.6) is 0 Å². The Morgan fingerprint density at radius 3 is 1.55 bits per heavy atom. The van der Waals surface area contributed by atoms with Crippen LogP contribution in [0, 0.1) is 6.92 Å². The van der Waals surface area contributed by atoms with Crippen molar-refractivity contribution in [2.45, 2.75) is 70.3 Å². The van der Waals surface area contributed by atoms with Crippen LogP contribution in [0.15, 0.2) is 152 Å². The van der Waals surface area contributed by atoms with Gasteiger partial charge in [0, 0.05) is 4.88 Å². The van der Waals surface area contributed by atoms with E-state index in [4.69, 9.17) is 35.3 Å². The third-order valence-corrected chi connectivity index (χ3v) is 11.0. The number of rotatable bonds is 16. The van der Waals surface area contributed by atoms with Gasteiger partial charge in [-0.25, -0.2) is 0 Å². The first-order valence-corrected chi connectivity index (χ1v) is 19.4. The van der Waals surface area contributed by atoms with Gasteiger partial charge in [-0.15, -0.1) is 11.3 Å². The Hall–Kier alpha value is -4.11. The molecule has 1 aliphatic heterocycles. The molecule has 6 aromatic rings. The number of ether oxygens (including phenoxy) is 5. The molecule has 7 rings (SSSR count). The second-order valence-corrected chi connectivity index (χ2v) is 15.2. The van der Waals surface area contributed by atoms with Crippen molar-refractivity contribution in [3.05, 3.63) is 200 Å². The Labute approximate surface area is 322 Å². The zero-order chi connectivity index (χ0) is 36.2. The lowest BCUT2D eigenvalue weighted by molar-refractivity contribution is -0.274. The smallest absolute Gasteiger partial charge is 0.121 e. The highest BCUT2D eigenvalue weighted by Gasteiger charge is 2.49. The van der Waals surface area contributed by atoms with E-state index in [1.807, 2.05) is 72.8 Å². The zero-order valence-electron chi connectivity index (χ0n) is 29.9. The van der Waals surface area contributed by atoms with Crippen molar-refractivity contribution in [2.24, 2.45) is 0 Å². The number of benzene rings is 5. The fourth-order valence-electron chi connectivity index (χ4n) is 6.63. The van der Waals surface area contributed by atoms with Gasteiger partial charge >= 0.3 is 0 Å². The predicted octanol–water partition coefficient (Wildman–Crippen LogP) is 10.7. The molecular weight excluding hydrogens is 700 g/mol. The van der Waals surface area contributed by atoms with Crippen LogP contribution in [-0.4, -0.2) is 31.0 Å². The average Bonchev–Trinajstić information content (AvgIpc) is 3.57. The molecule has 0 aliphatic carbocycles. The fraction of sp³-hybridized carbons (Fsp3) is 0.261. The normalized spacial score (nSPS) is 20.0. The van der Waals surface area contributed by atoms with E-state index in [0.29, 0.717) is 33.0 Å². The summed E-state index contributed by atoms with van der Waals surface area (Å²) in [5, 5.41) is 0. The molecule has 272 valence electrons. The first-order valence-electron chi connectivity index (χ1n) is 18.2. The topological polar surface area (TPSA) is 46.2 Å². The minimum atomic E-state index is -0.521. The van der Waals surface area contributed by atoms with Gasteiger partial charge in [0.15, 0.2) is 0 Å². The van der Waals surface area contributed by atoms with Gasteiger partial charge < -0.3 is 23.7 Å². The second-order valence-electron chi connectivity index (χ2n) is 13.5. The summed E-state index contributed by atoms with van der Waals surface area (Å²) in [6.07, 6.45) is -1.77. The average molecular weight is 745 g/mol. The molecule has 0 radical (unpaired) electrons. The summed E-state index contributed by atoms with van der Waals surface area (Å²) in [7, 11) is 0. The van der Waals surface area contributed by atoms with Gasteiger partial charge in [-0.3, -0.25) is 0 Å². The molecule has 1 fully saturated rings. The molecule has 1 aliphatic rings. The van der Waals surface area contributed by atoms with Crippen LogP contribution in [0.2, 0.25) is 4.34 Å². The monoisotopic (exact) mass is 744 g/mol. The van der Waals surface area contributed by atoms with Gasteiger partial charge in [0.1, 0.15) is 30.5 Å². The molecule has 0 amide bonds. The standard InChI is InChI=1S/C46H45ClO5S/c1-33-22-24-34(25-23-33)26-39-27-41(53-46(39)47)43-45(51-31-38-20-12-5-13-21-38)44(50-30-37-18-10-4-11-19-37)42(49-29-36-16-8-3-9-17-36)40(52-43)32-48-28-35-14-6-2-7-15-35/h2-25,27,40,42-45H,26,28-32H2,1H3. The van der Waals surface area contributed by atoms with Crippen molar-refractivity contribution in [1.29, 1.82) is 0 Å². The Bertz CT molecular complexity index is 1950. The van der Waals surface area contributed by atoms with Crippen LogP contribution in [0.3, 0.4) is 0 Å². The zero-order valence-corrected chi connectivity index (χ0v) is 31.5. The van der Waals surface area contributed by atoms with Crippen molar-refractivity contribution in [3.8, 4) is 0 Å². The molecule has 5 unspecified atom stereocenters. The third kappa shape index (κ3) is 10.3. The molecule has 0 spiro atoms. The van der Waals surface area contributed by atoms with Gasteiger partial charge in [-0.1, -0.05) is 163 Å². The first kappa shape index (κ1) is 37.2. The van der Waals surface area contributed by atoms with E-state index in [0.717, 1.165) is 43.5 Å². The summed E-state index contributed by atoms with van der Waals surface area (Å²) in [5.41, 5.74) is 7.77. The molecule has 53 heavy (non-hydrogen) atoms. The summed E-state index contributed by atoms with van der Waals surface area (Å²) >= 11 is 8.56. The number of halogens is 1.